The van der Waals surface area contributed by atoms with E-state index in [4.69, 9.17) is 0 Å². The summed E-state index contributed by atoms with van der Waals surface area (Å²) in [6.45, 7) is 1.98. The van der Waals surface area contributed by atoms with Crippen molar-refractivity contribution in [2.45, 2.75) is 44.6 Å². The first-order chi connectivity index (χ1) is 12.8. The quantitative estimate of drug-likeness (QED) is 0.737. The summed E-state index contributed by atoms with van der Waals surface area (Å²) in [4.78, 5) is 12.7. The van der Waals surface area contributed by atoms with E-state index >= 15 is 0 Å². The van der Waals surface area contributed by atoms with Crippen LogP contribution >= 0.6 is 0 Å². The number of fused-ring (bicyclic) bond motifs is 1. The molecular formula is C19H21F2N5O. The van der Waals surface area contributed by atoms with Gasteiger partial charge in [0, 0.05) is 42.6 Å². The van der Waals surface area contributed by atoms with Crippen molar-refractivity contribution in [1.29, 1.82) is 0 Å². The summed E-state index contributed by atoms with van der Waals surface area (Å²) < 4.78 is 28.4. The number of nitrogens with one attached hydrogen (secondary N) is 2. The van der Waals surface area contributed by atoms with E-state index in [0.717, 1.165) is 22.3 Å². The van der Waals surface area contributed by atoms with E-state index in [2.05, 4.69) is 20.6 Å². The molecule has 8 heteroatoms. The van der Waals surface area contributed by atoms with Crippen LogP contribution in [0.2, 0.25) is 0 Å². The molecule has 27 heavy (non-hydrogen) atoms. The Morgan fingerprint density at radius 3 is 2.74 bits per heavy atom. The summed E-state index contributed by atoms with van der Waals surface area (Å²) >= 11 is 0. The van der Waals surface area contributed by atoms with Crippen LogP contribution in [-0.4, -0.2) is 37.8 Å². The Morgan fingerprint density at radius 1 is 1.33 bits per heavy atom. The molecule has 3 aromatic rings. The van der Waals surface area contributed by atoms with Gasteiger partial charge in [-0.15, -0.1) is 0 Å². The minimum atomic E-state index is -2.61. The Hall–Kier alpha value is -2.77. The summed E-state index contributed by atoms with van der Waals surface area (Å²) in [6.07, 6.45) is 1.97. The number of hydrogen-bond acceptors (Lipinski definition) is 3. The first-order valence-electron chi connectivity index (χ1n) is 9.00. The Kier molecular flexibility index (Phi) is 4.20. The molecule has 0 saturated heterocycles. The van der Waals surface area contributed by atoms with Gasteiger partial charge in [-0.2, -0.15) is 10.2 Å². The van der Waals surface area contributed by atoms with Crippen molar-refractivity contribution in [3.63, 3.8) is 0 Å². The van der Waals surface area contributed by atoms with E-state index in [1.54, 1.807) is 10.9 Å². The molecule has 1 fully saturated rings. The number of benzene rings is 1. The van der Waals surface area contributed by atoms with Crippen LogP contribution in [0.25, 0.3) is 22.0 Å². The maximum absolute atomic E-state index is 13.3. The summed E-state index contributed by atoms with van der Waals surface area (Å²) in [5.74, 6) is -2.95. The molecule has 1 amide bonds. The fourth-order valence-electron chi connectivity index (χ4n) is 3.57. The third-order valence-corrected chi connectivity index (χ3v) is 5.38. The Balaban J connectivity index is 1.59. The summed E-state index contributed by atoms with van der Waals surface area (Å²) in [5, 5.41) is 14.8. The number of alkyl halides is 2. The number of halogens is 2. The zero-order valence-electron chi connectivity index (χ0n) is 15.2. The molecule has 2 N–H and O–H groups in total. The fourth-order valence-corrected chi connectivity index (χ4v) is 3.57. The average molecular weight is 373 g/mol. The van der Waals surface area contributed by atoms with Gasteiger partial charge in [-0.3, -0.25) is 14.6 Å². The number of carbonyl (C=O) groups excluding carboxylic acids is 1. The molecule has 1 saturated carbocycles. The van der Waals surface area contributed by atoms with Crippen LogP contribution in [0.5, 0.6) is 0 Å². The fraction of sp³-hybridized carbons (Fsp3) is 0.421. The lowest BCUT2D eigenvalue weighted by Crippen LogP contribution is -2.40. The number of carbonyl (C=O) groups is 1. The smallest absolute Gasteiger partial charge is 0.272 e. The number of hydrogen-bond donors (Lipinski definition) is 2. The molecule has 2 aromatic heterocycles. The molecule has 1 aliphatic carbocycles. The lowest BCUT2D eigenvalue weighted by atomic mass is 9.92. The van der Waals surface area contributed by atoms with Crippen molar-refractivity contribution in [1.82, 2.24) is 25.3 Å². The highest BCUT2D eigenvalue weighted by Gasteiger charge is 2.35. The molecule has 2 heterocycles. The highest BCUT2D eigenvalue weighted by Crippen LogP contribution is 2.33. The number of aromatic nitrogens is 4. The molecule has 0 bridgehead atoms. The SMILES string of the molecule is Cc1c(-c2ccc3[nH]nc(C(=O)NC4CCC(F)(F)CC4)c3c2)cnn1C. The van der Waals surface area contributed by atoms with Crippen molar-refractivity contribution in [2.24, 2.45) is 7.05 Å². The van der Waals surface area contributed by atoms with Crippen LogP contribution in [0, 0.1) is 6.92 Å². The maximum Gasteiger partial charge on any atom is 0.272 e. The third-order valence-electron chi connectivity index (χ3n) is 5.38. The average Bonchev–Trinajstić information content (AvgIpc) is 3.20. The van der Waals surface area contributed by atoms with Crippen molar-refractivity contribution in [3.05, 3.63) is 35.8 Å². The predicted molar refractivity (Wildman–Crippen MR) is 97.7 cm³/mol. The molecule has 0 radical (unpaired) electrons. The van der Waals surface area contributed by atoms with Gasteiger partial charge < -0.3 is 5.32 Å². The zero-order chi connectivity index (χ0) is 19.2. The monoisotopic (exact) mass is 373 g/mol. The van der Waals surface area contributed by atoms with Gasteiger partial charge in [0.15, 0.2) is 5.69 Å². The first kappa shape index (κ1) is 17.6. The minimum absolute atomic E-state index is 0.191. The van der Waals surface area contributed by atoms with Gasteiger partial charge in [0.05, 0.1) is 11.7 Å². The van der Waals surface area contributed by atoms with Gasteiger partial charge >= 0.3 is 0 Å². The summed E-state index contributed by atoms with van der Waals surface area (Å²) in [6, 6.07) is 5.50. The number of amides is 1. The van der Waals surface area contributed by atoms with Gasteiger partial charge in [0.2, 0.25) is 5.92 Å². The lowest BCUT2D eigenvalue weighted by Gasteiger charge is -2.28. The van der Waals surface area contributed by atoms with Crippen molar-refractivity contribution in [3.8, 4) is 11.1 Å². The minimum Gasteiger partial charge on any atom is -0.348 e. The van der Waals surface area contributed by atoms with E-state index in [0.29, 0.717) is 5.39 Å². The molecule has 6 nitrogen and oxygen atoms in total. The first-order valence-corrected chi connectivity index (χ1v) is 9.00. The van der Waals surface area contributed by atoms with E-state index in [9.17, 15) is 13.6 Å². The van der Waals surface area contributed by atoms with Gasteiger partial charge in [0.1, 0.15) is 0 Å². The third kappa shape index (κ3) is 3.31. The highest BCUT2D eigenvalue weighted by molar-refractivity contribution is 6.05. The van der Waals surface area contributed by atoms with E-state index in [1.165, 1.54) is 0 Å². The second-order valence-electron chi connectivity index (χ2n) is 7.20. The van der Waals surface area contributed by atoms with E-state index in [1.807, 2.05) is 32.2 Å². The van der Waals surface area contributed by atoms with Crippen LogP contribution < -0.4 is 5.32 Å². The molecule has 0 aliphatic heterocycles. The Morgan fingerprint density at radius 2 is 2.07 bits per heavy atom. The normalized spacial score (nSPS) is 17.3. The van der Waals surface area contributed by atoms with Crippen LogP contribution in [0.15, 0.2) is 24.4 Å². The number of aromatic amines is 1. The molecule has 142 valence electrons. The molecule has 0 unspecified atom stereocenters. The second kappa shape index (κ2) is 6.44. The van der Waals surface area contributed by atoms with E-state index in [-0.39, 0.29) is 43.3 Å². The van der Waals surface area contributed by atoms with Crippen molar-refractivity contribution >= 4 is 16.8 Å². The molecule has 4 rings (SSSR count). The molecule has 0 spiro atoms. The van der Waals surface area contributed by atoms with Gasteiger partial charge in [-0.1, -0.05) is 6.07 Å². The van der Waals surface area contributed by atoms with E-state index < -0.39 is 5.92 Å². The molecular weight excluding hydrogens is 352 g/mol. The van der Waals surface area contributed by atoms with Gasteiger partial charge in [-0.05, 0) is 37.5 Å². The largest absolute Gasteiger partial charge is 0.348 e. The van der Waals surface area contributed by atoms with Crippen LogP contribution in [0.3, 0.4) is 0 Å². The van der Waals surface area contributed by atoms with Crippen LogP contribution in [0.1, 0.15) is 41.9 Å². The molecule has 1 aliphatic rings. The molecule has 1 aromatic carbocycles. The summed E-state index contributed by atoms with van der Waals surface area (Å²) in [7, 11) is 1.88. The topological polar surface area (TPSA) is 75.6 Å². The van der Waals surface area contributed by atoms with Gasteiger partial charge in [0.25, 0.3) is 5.91 Å². The van der Waals surface area contributed by atoms with Crippen LogP contribution in [0.4, 0.5) is 8.78 Å². The number of H-pyrrole nitrogens is 1. The summed E-state index contributed by atoms with van der Waals surface area (Å²) in [5.41, 5.74) is 3.99. The second-order valence-corrected chi connectivity index (χ2v) is 7.20. The Bertz CT molecular complexity index is 997. The zero-order valence-corrected chi connectivity index (χ0v) is 15.2. The number of rotatable bonds is 3. The van der Waals surface area contributed by atoms with Crippen molar-refractivity contribution < 1.29 is 13.6 Å². The standard InChI is InChI=1S/C19H21F2N5O/c1-11-15(10-22-26(11)2)12-3-4-16-14(9-12)17(25-24-16)18(27)23-13-5-7-19(20,21)8-6-13/h3-4,9-10,13H,5-8H2,1-2H3,(H,23,27)(H,24,25). The number of aryl methyl sites for hydroxylation is 1. The van der Waals surface area contributed by atoms with Gasteiger partial charge in [-0.25, -0.2) is 8.78 Å². The van der Waals surface area contributed by atoms with Crippen LogP contribution in [-0.2, 0) is 7.05 Å². The predicted octanol–water partition coefficient (Wildman–Crippen LogP) is 3.58. The molecule has 0 atom stereocenters. The Labute approximate surface area is 154 Å². The number of nitrogens with zero attached hydrogens (tertiary/aromatic N) is 3. The highest BCUT2D eigenvalue weighted by atomic mass is 19.3. The maximum atomic E-state index is 13.3. The lowest BCUT2D eigenvalue weighted by molar-refractivity contribution is -0.0399. The van der Waals surface area contributed by atoms with Crippen molar-refractivity contribution in [2.75, 3.05) is 0 Å².